The highest BCUT2D eigenvalue weighted by molar-refractivity contribution is 7.10. The van der Waals surface area contributed by atoms with E-state index in [4.69, 9.17) is 0 Å². The van der Waals surface area contributed by atoms with E-state index in [1.54, 1.807) is 11.3 Å². The zero-order chi connectivity index (χ0) is 17.1. The van der Waals surface area contributed by atoms with Gasteiger partial charge in [0, 0.05) is 16.8 Å². The number of carbonyl (C=O) groups excluding carboxylic acids is 1. The quantitative estimate of drug-likeness (QED) is 0.875. The number of likely N-dealkylation sites (tertiary alicyclic amines) is 1. The van der Waals surface area contributed by atoms with Crippen molar-refractivity contribution in [3.05, 3.63) is 57.8 Å². The SMILES string of the molecule is O=C(c1csc(C2CCNCC2)c1)N1CCCCC1c1ccccc1. The third-order valence-electron chi connectivity index (χ3n) is 5.56. The molecule has 0 saturated carbocycles. The van der Waals surface area contributed by atoms with Gasteiger partial charge in [-0.3, -0.25) is 4.79 Å². The molecule has 2 aromatic rings. The van der Waals surface area contributed by atoms with E-state index < -0.39 is 0 Å². The lowest BCUT2D eigenvalue weighted by atomic mass is 9.94. The van der Waals surface area contributed by atoms with Crippen LogP contribution in [0, 0.1) is 0 Å². The Morgan fingerprint density at radius 1 is 1.08 bits per heavy atom. The van der Waals surface area contributed by atoms with E-state index in [2.05, 4.69) is 45.9 Å². The fourth-order valence-corrected chi connectivity index (χ4v) is 5.20. The van der Waals surface area contributed by atoms with E-state index in [-0.39, 0.29) is 11.9 Å². The lowest BCUT2D eigenvalue weighted by Gasteiger charge is -2.36. The van der Waals surface area contributed by atoms with Crippen molar-refractivity contribution in [1.82, 2.24) is 10.2 Å². The second kappa shape index (κ2) is 7.71. The van der Waals surface area contributed by atoms with Crippen LogP contribution in [-0.2, 0) is 0 Å². The van der Waals surface area contributed by atoms with E-state index >= 15 is 0 Å². The third kappa shape index (κ3) is 3.65. The minimum Gasteiger partial charge on any atom is -0.332 e. The zero-order valence-corrected chi connectivity index (χ0v) is 15.4. The molecule has 1 unspecified atom stereocenters. The minimum atomic E-state index is 0.213. The maximum absolute atomic E-state index is 13.2. The number of hydrogen-bond donors (Lipinski definition) is 1. The molecule has 2 saturated heterocycles. The Kier molecular flexibility index (Phi) is 5.18. The second-order valence-electron chi connectivity index (χ2n) is 7.18. The third-order valence-corrected chi connectivity index (χ3v) is 6.65. The number of nitrogens with zero attached hydrogens (tertiary/aromatic N) is 1. The summed E-state index contributed by atoms with van der Waals surface area (Å²) in [5, 5.41) is 5.50. The van der Waals surface area contributed by atoms with E-state index in [0.29, 0.717) is 5.92 Å². The van der Waals surface area contributed by atoms with Crippen LogP contribution in [-0.4, -0.2) is 30.4 Å². The van der Waals surface area contributed by atoms with Crippen molar-refractivity contribution in [2.45, 2.75) is 44.1 Å². The van der Waals surface area contributed by atoms with Crippen LogP contribution in [0.4, 0.5) is 0 Å². The summed E-state index contributed by atoms with van der Waals surface area (Å²) in [6, 6.07) is 12.9. The number of nitrogens with one attached hydrogen (secondary N) is 1. The topological polar surface area (TPSA) is 32.3 Å². The van der Waals surface area contributed by atoms with Gasteiger partial charge in [0.15, 0.2) is 0 Å². The Bertz CT molecular complexity index is 706. The molecule has 2 aliphatic rings. The van der Waals surface area contributed by atoms with Crippen LogP contribution in [0.25, 0.3) is 0 Å². The van der Waals surface area contributed by atoms with Crippen molar-refractivity contribution in [3.8, 4) is 0 Å². The largest absolute Gasteiger partial charge is 0.332 e. The van der Waals surface area contributed by atoms with Crippen molar-refractivity contribution < 1.29 is 4.79 Å². The standard InChI is InChI=1S/C21H26N2OS/c24-21(18-14-20(25-15-18)17-9-11-22-12-10-17)23-13-5-4-8-19(23)16-6-2-1-3-7-16/h1-3,6-7,14-15,17,19,22H,4-5,8-13H2. The number of thiophene rings is 1. The highest BCUT2D eigenvalue weighted by atomic mass is 32.1. The molecule has 1 N–H and O–H groups in total. The number of carbonyl (C=O) groups is 1. The summed E-state index contributed by atoms with van der Waals surface area (Å²) in [6.45, 7) is 3.05. The van der Waals surface area contributed by atoms with Crippen molar-refractivity contribution in [3.63, 3.8) is 0 Å². The molecule has 4 heteroatoms. The number of rotatable bonds is 3. The summed E-state index contributed by atoms with van der Waals surface area (Å²) in [7, 11) is 0. The summed E-state index contributed by atoms with van der Waals surface area (Å²) in [6.07, 6.45) is 5.75. The summed E-state index contributed by atoms with van der Waals surface area (Å²) in [5.41, 5.74) is 2.16. The first kappa shape index (κ1) is 16.8. The molecule has 1 aromatic heterocycles. The van der Waals surface area contributed by atoms with Crippen molar-refractivity contribution in [2.24, 2.45) is 0 Å². The summed E-state index contributed by atoms with van der Waals surface area (Å²) < 4.78 is 0. The summed E-state index contributed by atoms with van der Waals surface area (Å²) in [5.74, 6) is 0.837. The molecule has 0 bridgehead atoms. The van der Waals surface area contributed by atoms with Crippen molar-refractivity contribution in [2.75, 3.05) is 19.6 Å². The van der Waals surface area contributed by atoms with Crippen LogP contribution in [0.15, 0.2) is 41.8 Å². The number of benzene rings is 1. The van der Waals surface area contributed by atoms with Crippen LogP contribution in [0.3, 0.4) is 0 Å². The van der Waals surface area contributed by atoms with Gasteiger partial charge >= 0.3 is 0 Å². The van der Waals surface area contributed by atoms with Gasteiger partial charge < -0.3 is 10.2 Å². The van der Waals surface area contributed by atoms with Gasteiger partial charge in [-0.1, -0.05) is 30.3 Å². The molecule has 2 aliphatic heterocycles. The van der Waals surface area contributed by atoms with E-state index in [1.807, 2.05) is 6.07 Å². The number of hydrogen-bond acceptors (Lipinski definition) is 3. The molecule has 2 fully saturated rings. The number of piperidine rings is 2. The molecule has 4 rings (SSSR count). The molecule has 3 heterocycles. The first-order valence-corrected chi connectivity index (χ1v) is 10.4. The predicted octanol–water partition coefficient (Wildman–Crippen LogP) is 4.58. The lowest BCUT2D eigenvalue weighted by Crippen LogP contribution is -2.38. The first-order chi connectivity index (χ1) is 12.3. The minimum absolute atomic E-state index is 0.213. The fraction of sp³-hybridized carbons (Fsp3) is 0.476. The monoisotopic (exact) mass is 354 g/mol. The van der Waals surface area contributed by atoms with Crippen LogP contribution in [0.2, 0.25) is 0 Å². The van der Waals surface area contributed by atoms with Gasteiger partial charge in [0.1, 0.15) is 0 Å². The summed E-state index contributed by atoms with van der Waals surface area (Å²) >= 11 is 1.77. The molecule has 132 valence electrons. The predicted molar refractivity (Wildman–Crippen MR) is 103 cm³/mol. The average Bonchev–Trinajstić information content (AvgIpc) is 3.19. The molecule has 1 aromatic carbocycles. The molecule has 0 radical (unpaired) electrons. The number of amides is 1. The highest BCUT2D eigenvalue weighted by Crippen LogP contribution is 2.35. The molecular formula is C21H26N2OS. The molecule has 0 spiro atoms. The molecule has 1 atom stereocenters. The van der Waals surface area contributed by atoms with Gasteiger partial charge in [0.2, 0.25) is 0 Å². The van der Waals surface area contributed by atoms with E-state index in [1.165, 1.54) is 29.7 Å². The van der Waals surface area contributed by atoms with Gasteiger partial charge in [-0.15, -0.1) is 11.3 Å². The van der Waals surface area contributed by atoms with Crippen LogP contribution in [0.1, 0.15) is 64.9 Å². The molecular weight excluding hydrogens is 328 g/mol. The molecule has 1 amide bonds. The van der Waals surface area contributed by atoms with Gasteiger partial charge in [-0.2, -0.15) is 0 Å². The maximum Gasteiger partial charge on any atom is 0.255 e. The van der Waals surface area contributed by atoms with Crippen LogP contribution < -0.4 is 5.32 Å². The second-order valence-corrected chi connectivity index (χ2v) is 8.13. The first-order valence-electron chi connectivity index (χ1n) is 9.48. The van der Waals surface area contributed by atoms with Crippen molar-refractivity contribution >= 4 is 17.2 Å². The summed E-state index contributed by atoms with van der Waals surface area (Å²) in [4.78, 5) is 16.7. The van der Waals surface area contributed by atoms with Gasteiger partial charge in [-0.05, 0) is 62.7 Å². The Morgan fingerprint density at radius 3 is 2.68 bits per heavy atom. The molecule has 3 nitrogen and oxygen atoms in total. The van der Waals surface area contributed by atoms with Crippen LogP contribution in [0.5, 0.6) is 0 Å². The van der Waals surface area contributed by atoms with E-state index in [9.17, 15) is 4.79 Å². The smallest absolute Gasteiger partial charge is 0.255 e. The van der Waals surface area contributed by atoms with Gasteiger partial charge in [0.25, 0.3) is 5.91 Å². The maximum atomic E-state index is 13.2. The lowest BCUT2D eigenvalue weighted by molar-refractivity contribution is 0.0612. The average molecular weight is 355 g/mol. The Morgan fingerprint density at radius 2 is 1.88 bits per heavy atom. The fourth-order valence-electron chi connectivity index (χ4n) is 4.15. The molecule has 25 heavy (non-hydrogen) atoms. The van der Waals surface area contributed by atoms with Gasteiger partial charge in [0.05, 0.1) is 11.6 Å². The zero-order valence-electron chi connectivity index (χ0n) is 14.6. The van der Waals surface area contributed by atoms with Crippen LogP contribution >= 0.6 is 11.3 Å². The Balaban J connectivity index is 1.53. The Labute approximate surface area is 154 Å². The Hall–Kier alpha value is -1.65. The molecule has 0 aliphatic carbocycles. The van der Waals surface area contributed by atoms with Gasteiger partial charge in [-0.25, -0.2) is 0 Å². The highest BCUT2D eigenvalue weighted by Gasteiger charge is 2.29. The normalized spacial score (nSPS) is 22.1. The van der Waals surface area contributed by atoms with E-state index in [0.717, 1.165) is 38.0 Å². The van der Waals surface area contributed by atoms with Crippen molar-refractivity contribution in [1.29, 1.82) is 0 Å².